The van der Waals surface area contributed by atoms with E-state index in [9.17, 15) is 13.2 Å². The van der Waals surface area contributed by atoms with Gasteiger partial charge in [-0.3, -0.25) is 0 Å². The summed E-state index contributed by atoms with van der Waals surface area (Å²) in [6.07, 6.45) is -5.48. The Morgan fingerprint density at radius 3 is 2.35 bits per heavy atom. The van der Waals surface area contributed by atoms with Crippen LogP contribution in [0.15, 0.2) is 24.3 Å². The molecule has 2 rings (SSSR count). The van der Waals surface area contributed by atoms with Gasteiger partial charge in [0.25, 0.3) is 0 Å². The first-order chi connectivity index (χ1) is 9.36. The van der Waals surface area contributed by atoms with E-state index in [2.05, 4.69) is 4.98 Å². The Morgan fingerprint density at radius 2 is 1.80 bits per heavy atom. The van der Waals surface area contributed by atoms with E-state index in [0.29, 0.717) is 0 Å². The zero-order valence-corrected chi connectivity index (χ0v) is 11.4. The third-order valence-corrected chi connectivity index (χ3v) is 3.00. The number of methoxy groups -OCH3 is 2. The van der Waals surface area contributed by atoms with Gasteiger partial charge in [0.15, 0.2) is 0 Å². The maximum Gasteiger partial charge on any atom is 0.417 e. The number of nitrogens with zero attached hydrogens (tertiary/aromatic N) is 1. The second kappa shape index (κ2) is 5.55. The molecule has 0 saturated heterocycles. The zero-order valence-electron chi connectivity index (χ0n) is 10.7. The van der Waals surface area contributed by atoms with E-state index in [1.54, 1.807) is 0 Å². The van der Waals surface area contributed by atoms with Gasteiger partial charge in [-0.2, -0.15) is 13.2 Å². The Bertz CT molecular complexity index is 627. The van der Waals surface area contributed by atoms with Crippen molar-refractivity contribution in [1.82, 2.24) is 4.98 Å². The predicted molar refractivity (Wildman–Crippen MR) is 68.5 cm³/mol. The molecule has 20 heavy (non-hydrogen) atoms. The van der Waals surface area contributed by atoms with Crippen LogP contribution in [0, 0.1) is 0 Å². The van der Waals surface area contributed by atoms with Gasteiger partial charge in [0, 0.05) is 24.6 Å². The molecule has 1 aromatic heterocycles. The number of pyridine rings is 1. The van der Waals surface area contributed by atoms with Crippen molar-refractivity contribution < 1.29 is 22.6 Å². The number of alkyl halides is 3. The number of hydrogen-bond acceptors (Lipinski definition) is 3. The summed E-state index contributed by atoms with van der Waals surface area (Å²) in [6, 6.07) is 5.07. The Labute approximate surface area is 118 Å². The molecular formula is C13H11ClF3NO2. The summed E-state index contributed by atoms with van der Waals surface area (Å²) < 4.78 is 49.3. The van der Waals surface area contributed by atoms with Gasteiger partial charge < -0.3 is 9.47 Å². The van der Waals surface area contributed by atoms with Crippen molar-refractivity contribution in [2.45, 2.75) is 12.5 Å². The van der Waals surface area contributed by atoms with E-state index in [-0.39, 0.29) is 21.6 Å². The molecule has 0 bridgehead atoms. The average molecular weight is 306 g/mol. The third-order valence-electron chi connectivity index (χ3n) is 2.77. The average Bonchev–Trinajstić information content (AvgIpc) is 2.38. The van der Waals surface area contributed by atoms with E-state index in [1.165, 1.54) is 32.4 Å². The second-order valence-electron chi connectivity index (χ2n) is 4.06. The summed E-state index contributed by atoms with van der Waals surface area (Å²) in [6.45, 7) is 0. The number of ether oxygens (including phenoxy) is 2. The quantitative estimate of drug-likeness (QED) is 0.796. The summed E-state index contributed by atoms with van der Waals surface area (Å²) in [5.74, 6) is 0. The molecule has 0 fully saturated rings. The first-order valence-corrected chi connectivity index (χ1v) is 5.97. The molecule has 3 nitrogen and oxygen atoms in total. The second-order valence-corrected chi connectivity index (χ2v) is 4.49. The molecule has 0 unspecified atom stereocenters. The fourth-order valence-corrected chi connectivity index (χ4v) is 2.08. The lowest BCUT2D eigenvalue weighted by Crippen LogP contribution is -2.12. The lowest BCUT2D eigenvalue weighted by Gasteiger charge is -2.17. The fourth-order valence-electron chi connectivity index (χ4n) is 1.91. The molecule has 108 valence electrons. The van der Waals surface area contributed by atoms with Gasteiger partial charge in [-0.15, -0.1) is 0 Å². The van der Waals surface area contributed by atoms with Crippen LogP contribution in [0.25, 0.3) is 10.9 Å². The van der Waals surface area contributed by atoms with Crippen LogP contribution in [0.3, 0.4) is 0 Å². The smallest absolute Gasteiger partial charge is 0.350 e. The topological polar surface area (TPSA) is 31.4 Å². The summed E-state index contributed by atoms with van der Waals surface area (Å²) >= 11 is 5.75. The van der Waals surface area contributed by atoms with Crippen LogP contribution in [0.4, 0.5) is 13.2 Å². The molecular weight excluding hydrogens is 295 g/mol. The lowest BCUT2D eigenvalue weighted by molar-refractivity contribution is -0.137. The minimum Gasteiger partial charge on any atom is -0.350 e. The molecule has 2 aromatic rings. The minimum atomic E-state index is -4.52. The van der Waals surface area contributed by atoms with Crippen molar-refractivity contribution in [3.8, 4) is 0 Å². The van der Waals surface area contributed by atoms with Crippen LogP contribution in [-0.4, -0.2) is 19.2 Å². The highest BCUT2D eigenvalue weighted by atomic mass is 35.5. The van der Waals surface area contributed by atoms with E-state index >= 15 is 0 Å². The number of halogens is 4. The van der Waals surface area contributed by atoms with Crippen molar-refractivity contribution in [1.29, 1.82) is 0 Å². The van der Waals surface area contributed by atoms with Crippen molar-refractivity contribution in [2.75, 3.05) is 14.2 Å². The molecule has 0 amide bonds. The first kappa shape index (κ1) is 15.0. The molecule has 0 radical (unpaired) electrons. The number of rotatable bonds is 3. The first-order valence-electron chi connectivity index (χ1n) is 5.60. The highest BCUT2D eigenvalue weighted by Gasteiger charge is 2.34. The van der Waals surface area contributed by atoms with Crippen LogP contribution in [-0.2, 0) is 15.7 Å². The molecule has 1 heterocycles. The van der Waals surface area contributed by atoms with E-state index < -0.39 is 18.0 Å². The van der Waals surface area contributed by atoms with E-state index in [0.717, 1.165) is 6.07 Å². The van der Waals surface area contributed by atoms with Crippen molar-refractivity contribution in [3.05, 3.63) is 40.5 Å². The molecule has 7 heteroatoms. The van der Waals surface area contributed by atoms with Gasteiger partial charge >= 0.3 is 6.18 Å². The molecule has 1 aromatic carbocycles. The molecule has 0 saturated carbocycles. The Kier molecular flexibility index (Phi) is 4.17. The highest BCUT2D eigenvalue weighted by Crippen LogP contribution is 2.37. The molecule has 0 atom stereocenters. The molecule has 0 N–H and O–H groups in total. The Balaban J connectivity index is 2.74. The molecule has 0 aliphatic carbocycles. The van der Waals surface area contributed by atoms with Gasteiger partial charge in [-0.25, -0.2) is 4.98 Å². The lowest BCUT2D eigenvalue weighted by atomic mass is 10.1. The van der Waals surface area contributed by atoms with Gasteiger partial charge in [0.1, 0.15) is 0 Å². The number of benzene rings is 1. The fraction of sp³-hybridized carbons (Fsp3) is 0.308. The van der Waals surface area contributed by atoms with Crippen LogP contribution >= 0.6 is 11.6 Å². The summed E-state index contributed by atoms with van der Waals surface area (Å²) in [7, 11) is 2.66. The summed E-state index contributed by atoms with van der Waals surface area (Å²) in [5.41, 5.74) is -0.588. The summed E-state index contributed by atoms with van der Waals surface area (Å²) in [5, 5.41) is 0.160. The SMILES string of the molecule is COC(OC)c1cc(C(F)(F)F)c2cc(Cl)ccc2n1. The maximum atomic E-state index is 13.1. The highest BCUT2D eigenvalue weighted by molar-refractivity contribution is 6.31. The normalized spacial score (nSPS) is 12.3. The number of hydrogen-bond donors (Lipinski definition) is 0. The van der Waals surface area contributed by atoms with Gasteiger partial charge in [0.2, 0.25) is 6.29 Å². The largest absolute Gasteiger partial charge is 0.417 e. The molecule has 0 aliphatic heterocycles. The Morgan fingerprint density at radius 1 is 1.15 bits per heavy atom. The van der Waals surface area contributed by atoms with Crippen molar-refractivity contribution >= 4 is 22.5 Å². The monoisotopic (exact) mass is 305 g/mol. The van der Waals surface area contributed by atoms with Crippen molar-refractivity contribution in [2.24, 2.45) is 0 Å². The van der Waals surface area contributed by atoms with Gasteiger partial charge in [-0.1, -0.05) is 11.6 Å². The van der Waals surface area contributed by atoms with E-state index in [4.69, 9.17) is 21.1 Å². The number of fused-ring (bicyclic) bond motifs is 1. The predicted octanol–water partition coefficient (Wildman–Crippen LogP) is 4.20. The summed E-state index contributed by atoms with van der Waals surface area (Å²) in [4.78, 5) is 4.12. The number of aromatic nitrogens is 1. The third kappa shape index (κ3) is 2.87. The maximum absolute atomic E-state index is 13.1. The molecule has 0 aliphatic rings. The molecule has 0 spiro atoms. The van der Waals surface area contributed by atoms with E-state index in [1.807, 2.05) is 0 Å². The minimum absolute atomic E-state index is 0.0529. The van der Waals surface area contributed by atoms with Crippen LogP contribution < -0.4 is 0 Å². The Hall–Kier alpha value is -1.37. The van der Waals surface area contributed by atoms with Crippen LogP contribution in [0.2, 0.25) is 5.02 Å². The van der Waals surface area contributed by atoms with Gasteiger partial charge in [-0.05, 0) is 24.3 Å². The van der Waals surface area contributed by atoms with Crippen molar-refractivity contribution in [3.63, 3.8) is 0 Å². The standard InChI is InChI=1S/C13H11ClF3NO2/c1-19-12(20-2)11-6-9(13(15,16)17)8-5-7(14)3-4-10(8)18-11/h3-6,12H,1-2H3. The van der Waals surface area contributed by atoms with Crippen LogP contribution in [0.1, 0.15) is 17.5 Å². The van der Waals surface area contributed by atoms with Gasteiger partial charge in [0.05, 0.1) is 16.8 Å². The van der Waals surface area contributed by atoms with Crippen LogP contribution in [0.5, 0.6) is 0 Å². The zero-order chi connectivity index (χ0) is 14.9.